The van der Waals surface area contributed by atoms with Crippen molar-refractivity contribution in [3.05, 3.63) is 38.0 Å². The Morgan fingerprint density at radius 3 is 2.67 bits per heavy atom. The van der Waals surface area contributed by atoms with Crippen molar-refractivity contribution < 1.29 is 4.74 Å². The maximum Gasteiger partial charge on any atom is 0.191 e. The van der Waals surface area contributed by atoms with Crippen LogP contribution in [0, 0.1) is 13.8 Å². The van der Waals surface area contributed by atoms with Crippen LogP contribution in [0.3, 0.4) is 0 Å². The highest BCUT2D eigenvalue weighted by Crippen LogP contribution is 2.27. The lowest BCUT2D eigenvalue weighted by Gasteiger charge is -2.34. The lowest BCUT2D eigenvalue weighted by atomic mass is 10.2. The average molecular weight is 408 g/mol. The molecule has 8 heteroatoms. The largest absolute Gasteiger partial charge is 0.379 e. The molecular formula is C19H29N5OS2. The maximum absolute atomic E-state index is 5.53. The van der Waals surface area contributed by atoms with Gasteiger partial charge in [0.15, 0.2) is 5.96 Å². The van der Waals surface area contributed by atoms with E-state index in [1.807, 2.05) is 24.6 Å². The Morgan fingerprint density at radius 1 is 1.22 bits per heavy atom. The number of aliphatic imine (C=N–C) groups is 1. The van der Waals surface area contributed by atoms with Crippen LogP contribution in [0.4, 0.5) is 0 Å². The number of morpholine rings is 1. The van der Waals surface area contributed by atoms with E-state index in [-0.39, 0.29) is 0 Å². The molecule has 0 spiro atoms. The Bertz CT molecular complexity index is 736. The first kappa shape index (κ1) is 20.3. The van der Waals surface area contributed by atoms with Gasteiger partial charge in [0, 0.05) is 60.5 Å². The summed E-state index contributed by atoms with van der Waals surface area (Å²) in [5, 5.41) is 8.08. The van der Waals surface area contributed by atoms with Crippen LogP contribution in [-0.2, 0) is 11.2 Å². The summed E-state index contributed by atoms with van der Waals surface area (Å²) < 4.78 is 5.53. The number of rotatable bonds is 7. The zero-order chi connectivity index (χ0) is 19.1. The van der Waals surface area contributed by atoms with Crippen LogP contribution < -0.4 is 10.6 Å². The van der Waals surface area contributed by atoms with E-state index in [2.05, 4.69) is 51.5 Å². The summed E-state index contributed by atoms with van der Waals surface area (Å²) in [5.74, 6) is 0.842. The summed E-state index contributed by atoms with van der Waals surface area (Å²) in [6, 6.07) is 4.80. The van der Waals surface area contributed by atoms with Crippen molar-refractivity contribution in [1.82, 2.24) is 20.5 Å². The number of thiophene rings is 1. The standard InChI is InChI=1S/C19H29N5OS2/c1-14-4-5-17(26-14)16(24-8-10-25-11-9-24)13-23-19(20-3)21-7-6-18-22-12-15(2)27-18/h4-5,12,16H,6-11,13H2,1-3H3,(H2,20,21,23). The first-order valence-electron chi connectivity index (χ1n) is 9.39. The first-order chi connectivity index (χ1) is 13.2. The zero-order valence-electron chi connectivity index (χ0n) is 16.3. The highest BCUT2D eigenvalue weighted by atomic mass is 32.1. The molecule has 0 bridgehead atoms. The highest BCUT2D eigenvalue weighted by molar-refractivity contribution is 7.12. The Hall–Kier alpha value is -1.48. The van der Waals surface area contributed by atoms with Crippen LogP contribution in [0.1, 0.15) is 25.7 Å². The molecule has 6 nitrogen and oxygen atoms in total. The van der Waals surface area contributed by atoms with Crippen LogP contribution in [0.25, 0.3) is 0 Å². The fourth-order valence-electron chi connectivity index (χ4n) is 3.15. The molecule has 0 radical (unpaired) electrons. The second-order valence-corrected chi connectivity index (χ2v) is 9.25. The number of guanidine groups is 1. The molecule has 148 valence electrons. The van der Waals surface area contributed by atoms with E-state index in [1.165, 1.54) is 14.6 Å². The van der Waals surface area contributed by atoms with E-state index in [0.29, 0.717) is 6.04 Å². The number of thiazole rings is 1. The Morgan fingerprint density at radius 2 is 2.04 bits per heavy atom. The van der Waals surface area contributed by atoms with Gasteiger partial charge in [-0.3, -0.25) is 9.89 Å². The maximum atomic E-state index is 5.53. The summed E-state index contributed by atoms with van der Waals surface area (Å²) in [5.41, 5.74) is 0. The minimum Gasteiger partial charge on any atom is -0.379 e. The van der Waals surface area contributed by atoms with E-state index < -0.39 is 0 Å². The summed E-state index contributed by atoms with van der Waals surface area (Å²) >= 11 is 3.63. The molecule has 3 heterocycles. The molecule has 1 aliphatic heterocycles. The molecule has 0 aliphatic carbocycles. The van der Waals surface area contributed by atoms with Crippen molar-refractivity contribution in [2.24, 2.45) is 4.99 Å². The van der Waals surface area contributed by atoms with Gasteiger partial charge in [0.25, 0.3) is 0 Å². The fraction of sp³-hybridized carbons (Fsp3) is 0.579. The Kier molecular flexibility index (Phi) is 7.63. The molecule has 2 aromatic heterocycles. The third kappa shape index (κ3) is 6.00. The van der Waals surface area contributed by atoms with Crippen LogP contribution in [0.15, 0.2) is 23.3 Å². The van der Waals surface area contributed by atoms with E-state index in [4.69, 9.17) is 4.74 Å². The molecule has 1 fully saturated rings. The van der Waals surface area contributed by atoms with Crippen molar-refractivity contribution in [1.29, 1.82) is 0 Å². The highest BCUT2D eigenvalue weighted by Gasteiger charge is 2.24. The SMILES string of the molecule is CN=C(NCCc1ncc(C)s1)NCC(c1ccc(C)s1)N1CCOCC1. The van der Waals surface area contributed by atoms with Crippen LogP contribution in [0.5, 0.6) is 0 Å². The van der Waals surface area contributed by atoms with Crippen molar-refractivity contribution in [2.75, 3.05) is 46.4 Å². The summed E-state index contributed by atoms with van der Waals surface area (Å²) in [7, 11) is 1.82. The molecule has 1 atom stereocenters. The molecule has 2 N–H and O–H groups in total. The molecule has 0 saturated carbocycles. The van der Waals surface area contributed by atoms with E-state index in [1.54, 1.807) is 11.3 Å². The Labute approximate surface area is 169 Å². The summed E-state index contributed by atoms with van der Waals surface area (Å²) in [6.45, 7) is 9.47. The lowest BCUT2D eigenvalue weighted by Crippen LogP contribution is -2.46. The minimum absolute atomic E-state index is 0.341. The molecule has 1 saturated heterocycles. The van der Waals surface area contributed by atoms with Crippen molar-refractivity contribution in [3.8, 4) is 0 Å². The first-order valence-corrected chi connectivity index (χ1v) is 11.0. The number of hydrogen-bond donors (Lipinski definition) is 2. The quantitative estimate of drug-likeness (QED) is 0.546. The summed E-state index contributed by atoms with van der Waals surface area (Å²) in [4.78, 5) is 15.3. The lowest BCUT2D eigenvalue weighted by molar-refractivity contribution is 0.0177. The molecule has 27 heavy (non-hydrogen) atoms. The van der Waals surface area contributed by atoms with Gasteiger partial charge >= 0.3 is 0 Å². The van der Waals surface area contributed by atoms with Gasteiger partial charge in [0.1, 0.15) is 0 Å². The number of hydrogen-bond acceptors (Lipinski definition) is 6. The van der Waals surface area contributed by atoms with Gasteiger partial charge in [-0.2, -0.15) is 0 Å². The topological polar surface area (TPSA) is 61.8 Å². The molecule has 3 rings (SSSR count). The number of aryl methyl sites for hydroxylation is 2. The second kappa shape index (κ2) is 10.2. The van der Waals surface area contributed by atoms with E-state index >= 15 is 0 Å². The number of ether oxygens (including phenoxy) is 1. The Balaban J connectivity index is 1.54. The van der Waals surface area contributed by atoms with Gasteiger partial charge in [-0.15, -0.1) is 22.7 Å². The van der Waals surface area contributed by atoms with E-state index in [0.717, 1.165) is 56.8 Å². The predicted octanol–water partition coefficient (Wildman–Crippen LogP) is 2.60. The van der Waals surface area contributed by atoms with Gasteiger partial charge in [-0.1, -0.05) is 0 Å². The van der Waals surface area contributed by atoms with Crippen LogP contribution in [0.2, 0.25) is 0 Å². The van der Waals surface area contributed by atoms with E-state index in [9.17, 15) is 0 Å². The number of nitrogens with zero attached hydrogens (tertiary/aromatic N) is 3. The third-order valence-corrected chi connectivity index (χ3v) is 6.64. The second-order valence-electron chi connectivity index (χ2n) is 6.61. The monoisotopic (exact) mass is 407 g/mol. The number of aromatic nitrogens is 1. The third-order valence-electron chi connectivity index (χ3n) is 4.56. The number of nitrogens with one attached hydrogen (secondary N) is 2. The van der Waals surface area contributed by atoms with Gasteiger partial charge in [-0.25, -0.2) is 4.98 Å². The van der Waals surface area contributed by atoms with Gasteiger partial charge in [-0.05, 0) is 26.0 Å². The normalized spacial score (nSPS) is 17.1. The van der Waals surface area contributed by atoms with Crippen LogP contribution in [-0.4, -0.2) is 62.3 Å². The van der Waals surface area contributed by atoms with Crippen molar-refractivity contribution in [3.63, 3.8) is 0 Å². The average Bonchev–Trinajstić information content (AvgIpc) is 3.29. The molecular weight excluding hydrogens is 378 g/mol. The van der Waals surface area contributed by atoms with Gasteiger partial charge in [0.2, 0.25) is 0 Å². The molecule has 0 aromatic carbocycles. The smallest absolute Gasteiger partial charge is 0.191 e. The molecule has 1 aliphatic rings. The van der Waals surface area contributed by atoms with Gasteiger partial charge < -0.3 is 15.4 Å². The minimum atomic E-state index is 0.341. The fourth-order valence-corrected chi connectivity index (χ4v) is 4.95. The zero-order valence-corrected chi connectivity index (χ0v) is 18.0. The van der Waals surface area contributed by atoms with Crippen molar-refractivity contribution >= 4 is 28.6 Å². The molecule has 2 aromatic rings. The van der Waals surface area contributed by atoms with Gasteiger partial charge in [0.05, 0.1) is 24.3 Å². The van der Waals surface area contributed by atoms with Crippen LogP contribution >= 0.6 is 22.7 Å². The predicted molar refractivity (Wildman–Crippen MR) is 114 cm³/mol. The van der Waals surface area contributed by atoms with Crippen molar-refractivity contribution in [2.45, 2.75) is 26.3 Å². The summed E-state index contributed by atoms with van der Waals surface area (Å²) in [6.07, 6.45) is 2.85. The molecule has 0 amide bonds. The molecule has 1 unspecified atom stereocenters.